The van der Waals surface area contributed by atoms with Crippen molar-refractivity contribution in [2.45, 2.75) is 75.8 Å². The lowest BCUT2D eigenvalue weighted by Crippen LogP contribution is -2.68. The Morgan fingerprint density at radius 3 is 2.45 bits per heavy atom. The van der Waals surface area contributed by atoms with Gasteiger partial charge in [-0.3, -0.25) is 4.90 Å². The predicted octanol–water partition coefficient (Wildman–Crippen LogP) is 2.94. The van der Waals surface area contributed by atoms with Gasteiger partial charge in [-0.05, 0) is 39.0 Å². The zero-order valence-corrected chi connectivity index (χ0v) is 13.3. The molecule has 116 valence electrons. The fourth-order valence-corrected chi connectivity index (χ4v) is 4.78. The zero-order valence-electron chi connectivity index (χ0n) is 13.3. The molecule has 3 fully saturated rings. The van der Waals surface area contributed by atoms with Crippen LogP contribution in [0.3, 0.4) is 0 Å². The van der Waals surface area contributed by atoms with E-state index < -0.39 is 0 Å². The highest BCUT2D eigenvalue weighted by Gasteiger charge is 2.48. The molecule has 1 saturated heterocycles. The van der Waals surface area contributed by atoms with E-state index in [1.165, 1.54) is 77.4 Å². The van der Waals surface area contributed by atoms with E-state index in [9.17, 15) is 0 Å². The Hall–Kier alpha value is -0.120. The fraction of sp³-hybridized carbons (Fsp3) is 1.00. The van der Waals surface area contributed by atoms with Gasteiger partial charge in [-0.2, -0.15) is 0 Å². The smallest absolute Gasteiger partial charge is 0.0478 e. The average Bonchev–Trinajstić information content (AvgIpc) is 3.10. The second-order valence-corrected chi connectivity index (χ2v) is 7.24. The summed E-state index contributed by atoms with van der Waals surface area (Å²) in [5, 5.41) is 3.99. The third-order valence-electron chi connectivity index (χ3n) is 5.97. The van der Waals surface area contributed by atoms with E-state index in [1.807, 2.05) is 0 Å². The van der Waals surface area contributed by atoms with E-state index in [1.54, 1.807) is 0 Å². The number of ether oxygens (including phenoxy) is 1. The summed E-state index contributed by atoms with van der Waals surface area (Å²) < 4.78 is 5.55. The van der Waals surface area contributed by atoms with E-state index in [-0.39, 0.29) is 0 Å². The number of rotatable bonds is 5. The van der Waals surface area contributed by atoms with Crippen molar-refractivity contribution >= 4 is 0 Å². The Morgan fingerprint density at radius 2 is 1.75 bits per heavy atom. The minimum absolute atomic E-state index is 0.458. The lowest BCUT2D eigenvalue weighted by molar-refractivity contribution is 0.00262. The van der Waals surface area contributed by atoms with Gasteiger partial charge in [0.25, 0.3) is 0 Å². The number of nitrogens with one attached hydrogen (secondary N) is 1. The molecule has 1 N–H and O–H groups in total. The summed E-state index contributed by atoms with van der Waals surface area (Å²) in [5.41, 5.74) is 0.944. The largest absolute Gasteiger partial charge is 0.382 e. The van der Waals surface area contributed by atoms with Crippen LogP contribution >= 0.6 is 0 Å². The molecule has 2 spiro atoms. The average molecular weight is 280 g/mol. The van der Waals surface area contributed by atoms with E-state index in [2.05, 4.69) is 17.1 Å². The first kappa shape index (κ1) is 14.8. The molecule has 0 bridgehead atoms. The molecule has 0 radical (unpaired) electrons. The van der Waals surface area contributed by atoms with Gasteiger partial charge >= 0.3 is 0 Å². The molecule has 0 aromatic carbocycles. The van der Waals surface area contributed by atoms with Crippen molar-refractivity contribution in [3.63, 3.8) is 0 Å². The minimum atomic E-state index is 0.458. The Bertz CT molecular complexity index is 306. The lowest BCUT2D eigenvalue weighted by Gasteiger charge is -2.53. The SMILES string of the molecule is CCOCCCN1CC2(CCCC2)NCC12CCCC2. The molecule has 3 rings (SSSR count). The summed E-state index contributed by atoms with van der Waals surface area (Å²) in [6, 6.07) is 0. The van der Waals surface area contributed by atoms with E-state index >= 15 is 0 Å². The molecule has 0 aromatic heterocycles. The molecule has 0 atom stereocenters. The second-order valence-electron chi connectivity index (χ2n) is 7.24. The summed E-state index contributed by atoms with van der Waals surface area (Å²) in [6.07, 6.45) is 12.5. The van der Waals surface area contributed by atoms with Crippen molar-refractivity contribution in [2.24, 2.45) is 0 Å². The van der Waals surface area contributed by atoms with E-state index in [0.717, 1.165) is 13.2 Å². The van der Waals surface area contributed by atoms with Crippen molar-refractivity contribution in [1.29, 1.82) is 0 Å². The van der Waals surface area contributed by atoms with Crippen LogP contribution in [0.25, 0.3) is 0 Å². The summed E-state index contributed by atoms with van der Waals surface area (Å²) >= 11 is 0. The van der Waals surface area contributed by atoms with Crippen molar-refractivity contribution in [3.05, 3.63) is 0 Å². The Morgan fingerprint density at radius 1 is 1.05 bits per heavy atom. The number of nitrogens with zero attached hydrogens (tertiary/aromatic N) is 1. The van der Waals surface area contributed by atoms with Gasteiger partial charge < -0.3 is 10.1 Å². The molecule has 1 heterocycles. The normalized spacial score (nSPS) is 28.6. The first-order valence-corrected chi connectivity index (χ1v) is 8.87. The standard InChI is InChI=1S/C17H32N2O/c1-2-20-13-7-12-19-15-16(8-3-4-9-16)18-14-17(19)10-5-6-11-17/h18H,2-15H2,1H3. The van der Waals surface area contributed by atoms with Crippen molar-refractivity contribution in [2.75, 3.05) is 32.8 Å². The molecule has 3 aliphatic rings. The molecule has 2 aliphatic carbocycles. The Labute approximate surface area is 124 Å². The Kier molecular flexibility index (Phi) is 4.68. The maximum atomic E-state index is 5.55. The molecule has 0 aromatic rings. The maximum absolute atomic E-state index is 5.55. The highest BCUT2D eigenvalue weighted by Crippen LogP contribution is 2.42. The summed E-state index contributed by atoms with van der Waals surface area (Å²) in [5.74, 6) is 0. The van der Waals surface area contributed by atoms with Crippen LogP contribution in [0.1, 0.15) is 64.7 Å². The Balaban J connectivity index is 1.62. The highest BCUT2D eigenvalue weighted by molar-refractivity contribution is 5.08. The van der Waals surface area contributed by atoms with Gasteiger partial charge in [-0.15, -0.1) is 0 Å². The van der Waals surface area contributed by atoms with Crippen molar-refractivity contribution in [3.8, 4) is 0 Å². The van der Waals surface area contributed by atoms with Gasteiger partial charge in [-0.25, -0.2) is 0 Å². The van der Waals surface area contributed by atoms with Crippen LogP contribution < -0.4 is 5.32 Å². The quantitative estimate of drug-likeness (QED) is 0.784. The third kappa shape index (κ3) is 2.90. The molecule has 20 heavy (non-hydrogen) atoms. The number of hydrogen-bond donors (Lipinski definition) is 1. The fourth-order valence-electron chi connectivity index (χ4n) is 4.78. The van der Waals surface area contributed by atoms with E-state index in [0.29, 0.717) is 11.1 Å². The lowest BCUT2D eigenvalue weighted by atomic mass is 9.84. The molecular weight excluding hydrogens is 248 g/mol. The summed E-state index contributed by atoms with van der Waals surface area (Å²) in [7, 11) is 0. The third-order valence-corrected chi connectivity index (χ3v) is 5.97. The van der Waals surface area contributed by atoms with Gasteiger partial charge in [0.05, 0.1) is 0 Å². The van der Waals surface area contributed by atoms with Crippen LogP contribution in [0, 0.1) is 0 Å². The number of hydrogen-bond acceptors (Lipinski definition) is 3. The maximum Gasteiger partial charge on any atom is 0.0478 e. The van der Waals surface area contributed by atoms with Crippen LogP contribution in [0.5, 0.6) is 0 Å². The van der Waals surface area contributed by atoms with Crippen molar-refractivity contribution in [1.82, 2.24) is 10.2 Å². The van der Waals surface area contributed by atoms with Crippen LogP contribution in [-0.2, 0) is 4.74 Å². The van der Waals surface area contributed by atoms with Gasteiger partial charge in [0.1, 0.15) is 0 Å². The predicted molar refractivity (Wildman–Crippen MR) is 83.1 cm³/mol. The van der Waals surface area contributed by atoms with Crippen molar-refractivity contribution < 1.29 is 4.74 Å². The van der Waals surface area contributed by atoms with Crippen LogP contribution in [0.15, 0.2) is 0 Å². The number of piperazine rings is 1. The summed E-state index contributed by atoms with van der Waals surface area (Å²) in [6.45, 7) is 7.65. The zero-order chi connectivity index (χ0) is 13.9. The molecule has 2 saturated carbocycles. The topological polar surface area (TPSA) is 24.5 Å². The monoisotopic (exact) mass is 280 g/mol. The molecule has 0 amide bonds. The van der Waals surface area contributed by atoms with E-state index in [4.69, 9.17) is 4.74 Å². The molecular formula is C17H32N2O. The molecule has 1 aliphatic heterocycles. The second kappa shape index (κ2) is 6.33. The minimum Gasteiger partial charge on any atom is -0.382 e. The first-order chi connectivity index (χ1) is 9.79. The molecule has 0 unspecified atom stereocenters. The summed E-state index contributed by atoms with van der Waals surface area (Å²) in [4.78, 5) is 2.86. The van der Waals surface area contributed by atoms with Gasteiger partial charge in [-0.1, -0.05) is 25.7 Å². The van der Waals surface area contributed by atoms with Crippen LogP contribution in [-0.4, -0.2) is 48.8 Å². The molecule has 3 heteroatoms. The van der Waals surface area contributed by atoms with Gasteiger partial charge in [0, 0.05) is 43.9 Å². The highest BCUT2D eigenvalue weighted by atomic mass is 16.5. The first-order valence-electron chi connectivity index (χ1n) is 8.87. The van der Waals surface area contributed by atoms with Crippen LogP contribution in [0.4, 0.5) is 0 Å². The van der Waals surface area contributed by atoms with Gasteiger partial charge in [0.15, 0.2) is 0 Å². The molecule has 3 nitrogen and oxygen atoms in total. The van der Waals surface area contributed by atoms with Crippen LogP contribution in [0.2, 0.25) is 0 Å². The van der Waals surface area contributed by atoms with Gasteiger partial charge in [0.2, 0.25) is 0 Å².